The molecule has 0 spiro atoms. The van der Waals surface area contributed by atoms with Gasteiger partial charge >= 0.3 is 0 Å². The van der Waals surface area contributed by atoms with Crippen LogP contribution in [0.15, 0.2) is 17.2 Å². The lowest BCUT2D eigenvalue weighted by molar-refractivity contribution is 0.540. The van der Waals surface area contributed by atoms with Crippen LogP contribution in [0.4, 0.5) is 0 Å². The van der Waals surface area contributed by atoms with E-state index in [0.717, 1.165) is 31.5 Å². The smallest absolute Gasteiger partial charge is 0.242 e. The summed E-state index contributed by atoms with van der Waals surface area (Å²) in [6.45, 7) is 8.50. The van der Waals surface area contributed by atoms with Crippen molar-refractivity contribution in [2.75, 3.05) is 13.1 Å². The van der Waals surface area contributed by atoms with E-state index < -0.39 is 10.0 Å². The molecule has 1 aromatic heterocycles. The number of rotatable bonds is 10. The molecular weight excluding hydrogens is 286 g/mol. The van der Waals surface area contributed by atoms with E-state index in [1.165, 1.54) is 0 Å². The van der Waals surface area contributed by atoms with Crippen molar-refractivity contribution >= 4 is 10.0 Å². The average molecular weight is 315 g/mol. The monoisotopic (exact) mass is 315 g/mol. The minimum absolute atomic E-state index is 0.350. The van der Waals surface area contributed by atoms with Gasteiger partial charge in [0, 0.05) is 32.0 Å². The van der Waals surface area contributed by atoms with Crippen molar-refractivity contribution in [2.24, 2.45) is 13.0 Å². The predicted molar refractivity (Wildman–Crippen MR) is 86.7 cm³/mol. The lowest BCUT2D eigenvalue weighted by Crippen LogP contribution is -2.24. The predicted octanol–water partition coefficient (Wildman–Crippen LogP) is 2.24. The fourth-order valence-electron chi connectivity index (χ4n) is 2.09. The van der Waals surface area contributed by atoms with Crippen molar-refractivity contribution in [1.29, 1.82) is 0 Å². The van der Waals surface area contributed by atoms with Gasteiger partial charge in [0.15, 0.2) is 0 Å². The van der Waals surface area contributed by atoms with Crippen LogP contribution in [0.1, 0.15) is 45.7 Å². The van der Waals surface area contributed by atoms with E-state index in [1.807, 2.05) is 11.6 Å². The molecular formula is C15H29N3O2S. The van der Waals surface area contributed by atoms with Gasteiger partial charge in [0.2, 0.25) is 10.0 Å². The summed E-state index contributed by atoms with van der Waals surface area (Å²) in [6, 6.07) is 1.74. The Labute approximate surface area is 129 Å². The van der Waals surface area contributed by atoms with Crippen LogP contribution in [0.5, 0.6) is 0 Å². The molecule has 21 heavy (non-hydrogen) atoms. The highest BCUT2D eigenvalue weighted by Gasteiger charge is 2.16. The third-order valence-corrected chi connectivity index (χ3v) is 4.80. The molecule has 0 aliphatic rings. The number of hydrogen-bond donors (Lipinski definition) is 2. The third-order valence-electron chi connectivity index (χ3n) is 3.38. The maximum atomic E-state index is 12.2. The summed E-state index contributed by atoms with van der Waals surface area (Å²) in [5, 5.41) is 3.29. The average Bonchev–Trinajstić information content (AvgIpc) is 2.77. The number of nitrogens with one attached hydrogen (secondary N) is 2. The first-order chi connectivity index (χ1) is 9.86. The molecule has 0 amide bonds. The van der Waals surface area contributed by atoms with Gasteiger partial charge in [0.25, 0.3) is 0 Å². The Kier molecular flexibility index (Phi) is 7.42. The van der Waals surface area contributed by atoms with Crippen molar-refractivity contribution in [3.63, 3.8) is 0 Å². The van der Waals surface area contributed by atoms with Gasteiger partial charge in [-0.3, -0.25) is 0 Å². The first-order valence-electron chi connectivity index (χ1n) is 7.72. The van der Waals surface area contributed by atoms with Gasteiger partial charge in [0.05, 0.1) is 4.90 Å². The molecule has 122 valence electrons. The SMILES string of the molecule is CCCNCc1cc(S(=O)(=O)NCCCC(C)C)cn1C. The summed E-state index contributed by atoms with van der Waals surface area (Å²) in [6.07, 6.45) is 4.64. The first kappa shape index (κ1) is 18.2. The van der Waals surface area contributed by atoms with Crippen molar-refractivity contribution in [3.05, 3.63) is 18.0 Å². The van der Waals surface area contributed by atoms with Crippen LogP contribution < -0.4 is 10.0 Å². The van der Waals surface area contributed by atoms with Crippen LogP contribution in [0, 0.1) is 5.92 Å². The molecule has 0 aliphatic carbocycles. The molecule has 0 aromatic carbocycles. The molecule has 0 bridgehead atoms. The van der Waals surface area contributed by atoms with E-state index in [1.54, 1.807) is 12.3 Å². The van der Waals surface area contributed by atoms with Gasteiger partial charge in [-0.1, -0.05) is 20.8 Å². The van der Waals surface area contributed by atoms with Crippen molar-refractivity contribution < 1.29 is 8.42 Å². The van der Waals surface area contributed by atoms with E-state index >= 15 is 0 Å². The van der Waals surface area contributed by atoms with Crippen LogP contribution in [-0.4, -0.2) is 26.1 Å². The molecule has 2 N–H and O–H groups in total. The van der Waals surface area contributed by atoms with Crippen LogP contribution in [0.3, 0.4) is 0 Å². The molecule has 1 heterocycles. The fraction of sp³-hybridized carbons (Fsp3) is 0.733. The summed E-state index contributed by atoms with van der Waals surface area (Å²) < 4.78 is 29.0. The van der Waals surface area contributed by atoms with Crippen molar-refractivity contribution in [2.45, 2.75) is 51.5 Å². The molecule has 1 rings (SSSR count). The van der Waals surface area contributed by atoms with E-state index in [9.17, 15) is 8.42 Å². The maximum absolute atomic E-state index is 12.2. The number of sulfonamides is 1. The number of nitrogens with zero attached hydrogens (tertiary/aromatic N) is 1. The van der Waals surface area contributed by atoms with E-state index in [4.69, 9.17) is 0 Å². The molecule has 0 saturated heterocycles. The number of aromatic nitrogens is 1. The molecule has 0 atom stereocenters. The molecule has 0 aliphatic heterocycles. The summed E-state index contributed by atoms with van der Waals surface area (Å²) in [5.41, 5.74) is 0.978. The molecule has 0 fully saturated rings. The summed E-state index contributed by atoms with van der Waals surface area (Å²) >= 11 is 0. The zero-order valence-corrected chi connectivity index (χ0v) is 14.5. The molecule has 1 aromatic rings. The topological polar surface area (TPSA) is 63.1 Å². The Morgan fingerprint density at radius 2 is 2.00 bits per heavy atom. The van der Waals surface area contributed by atoms with Gasteiger partial charge in [-0.25, -0.2) is 13.1 Å². The van der Waals surface area contributed by atoms with Crippen LogP contribution >= 0.6 is 0 Å². The van der Waals surface area contributed by atoms with Crippen LogP contribution in [0.25, 0.3) is 0 Å². The van der Waals surface area contributed by atoms with E-state index in [2.05, 4.69) is 30.8 Å². The minimum Gasteiger partial charge on any atom is -0.352 e. The normalized spacial score (nSPS) is 12.2. The fourth-order valence-corrected chi connectivity index (χ4v) is 3.26. The van der Waals surface area contributed by atoms with Crippen molar-refractivity contribution in [1.82, 2.24) is 14.6 Å². The van der Waals surface area contributed by atoms with Gasteiger partial charge < -0.3 is 9.88 Å². The second-order valence-electron chi connectivity index (χ2n) is 5.89. The van der Waals surface area contributed by atoms with Crippen molar-refractivity contribution in [3.8, 4) is 0 Å². The molecule has 0 radical (unpaired) electrons. The Bertz CT molecular complexity index is 521. The zero-order chi connectivity index (χ0) is 15.9. The third kappa shape index (κ3) is 6.20. The Morgan fingerprint density at radius 1 is 1.29 bits per heavy atom. The lowest BCUT2D eigenvalue weighted by Gasteiger charge is -2.06. The molecule has 0 saturated carbocycles. The Hall–Kier alpha value is -0.850. The highest BCUT2D eigenvalue weighted by Crippen LogP contribution is 2.13. The maximum Gasteiger partial charge on any atom is 0.242 e. The van der Waals surface area contributed by atoms with Gasteiger partial charge in [0.1, 0.15) is 0 Å². The first-order valence-corrected chi connectivity index (χ1v) is 9.20. The second-order valence-corrected chi connectivity index (χ2v) is 7.66. The second kappa shape index (κ2) is 8.56. The van der Waals surface area contributed by atoms with Crippen LogP contribution in [-0.2, 0) is 23.6 Å². The lowest BCUT2D eigenvalue weighted by atomic mass is 10.1. The Balaban J connectivity index is 2.60. The standard InChI is InChI=1S/C15H29N3O2S/c1-5-8-16-11-14-10-15(12-18(14)4)21(19,20)17-9-6-7-13(2)3/h10,12-13,16-17H,5-9,11H2,1-4H3. The number of aryl methyl sites for hydroxylation is 1. The largest absolute Gasteiger partial charge is 0.352 e. The number of hydrogen-bond acceptors (Lipinski definition) is 3. The van der Waals surface area contributed by atoms with Crippen LogP contribution in [0.2, 0.25) is 0 Å². The van der Waals surface area contributed by atoms with E-state index in [0.29, 0.717) is 23.9 Å². The van der Waals surface area contributed by atoms with Gasteiger partial charge in [-0.15, -0.1) is 0 Å². The quantitative estimate of drug-likeness (QED) is 0.651. The summed E-state index contributed by atoms with van der Waals surface area (Å²) in [4.78, 5) is 0.350. The Morgan fingerprint density at radius 3 is 2.62 bits per heavy atom. The van der Waals surface area contributed by atoms with Gasteiger partial charge in [-0.05, 0) is 37.8 Å². The highest BCUT2D eigenvalue weighted by atomic mass is 32.2. The zero-order valence-electron chi connectivity index (χ0n) is 13.6. The molecule has 5 nitrogen and oxygen atoms in total. The highest BCUT2D eigenvalue weighted by molar-refractivity contribution is 7.89. The summed E-state index contributed by atoms with van der Waals surface area (Å²) in [5.74, 6) is 0.600. The van der Waals surface area contributed by atoms with Gasteiger partial charge in [-0.2, -0.15) is 0 Å². The molecule has 0 unspecified atom stereocenters. The molecule has 6 heteroatoms. The minimum atomic E-state index is -3.39. The summed E-state index contributed by atoms with van der Waals surface area (Å²) in [7, 11) is -1.51. The van der Waals surface area contributed by atoms with E-state index in [-0.39, 0.29) is 0 Å².